The lowest BCUT2D eigenvalue weighted by atomic mass is 10.1. The van der Waals surface area contributed by atoms with E-state index in [-0.39, 0.29) is 10.8 Å². The molecule has 0 spiro atoms. The molecule has 0 radical (unpaired) electrons. The van der Waals surface area contributed by atoms with E-state index >= 15 is 0 Å². The molecule has 27 heavy (non-hydrogen) atoms. The third kappa shape index (κ3) is 6.08. The van der Waals surface area contributed by atoms with Crippen LogP contribution in [-0.4, -0.2) is 46.4 Å². The third-order valence-corrected chi connectivity index (χ3v) is 5.48. The second kappa shape index (κ2) is 9.01. The van der Waals surface area contributed by atoms with Crippen molar-refractivity contribution in [2.45, 2.75) is 25.2 Å². The Bertz CT molecular complexity index is 908. The van der Waals surface area contributed by atoms with Crippen molar-refractivity contribution in [3.05, 3.63) is 59.2 Å². The number of hydrogen-bond donors (Lipinski definition) is 2. The fraction of sp³-hybridized carbons (Fsp3) is 0.350. The third-order valence-electron chi connectivity index (χ3n) is 4.10. The molecule has 2 rings (SSSR count). The van der Waals surface area contributed by atoms with Gasteiger partial charge in [0, 0.05) is 17.8 Å². The molecule has 0 fully saturated rings. The van der Waals surface area contributed by atoms with Crippen molar-refractivity contribution >= 4 is 21.6 Å². The van der Waals surface area contributed by atoms with Crippen LogP contribution in [0, 0.1) is 13.8 Å². The molecule has 146 valence electrons. The molecule has 0 atom stereocenters. The number of benzene rings is 2. The average Bonchev–Trinajstić information content (AvgIpc) is 2.58. The molecule has 0 bridgehead atoms. The van der Waals surface area contributed by atoms with Gasteiger partial charge in [-0.2, -0.15) is 0 Å². The van der Waals surface area contributed by atoms with E-state index in [1.165, 1.54) is 12.1 Å². The van der Waals surface area contributed by atoms with E-state index < -0.39 is 10.0 Å². The summed E-state index contributed by atoms with van der Waals surface area (Å²) in [7, 11) is 0.172. The van der Waals surface area contributed by atoms with Crippen molar-refractivity contribution in [1.29, 1.82) is 0 Å². The van der Waals surface area contributed by atoms with E-state index in [9.17, 15) is 13.2 Å². The summed E-state index contributed by atoms with van der Waals surface area (Å²) in [5.74, 6) is -0.265. The van der Waals surface area contributed by atoms with E-state index in [1.54, 1.807) is 31.2 Å². The topological polar surface area (TPSA) is 78.5 Å². The number of nitrogens with zero attached hydrogens (tertiary/aromatic N) is 1. The average molecular weight is 390 g/mol. The SMILES string of the molecule is Cc1cccc(NS(=O)(=O)c2ccc(C)c(C(=O)NCCCN(C)C)c2)c1. The minimum Gasteiger partial charge on any atom is -0.352 e. The normalized spacial score (nSPS) is 11.4. The molecular weight excluding hydrogens is 362 g/mol. The molecule has 2 aromatic rings. The van der Waals surface area contributed by atoms with Gasteiger partial charge in [0.25, 0.3) is 15.9 Å². The summed E-state index contributed by atoms with van der Waals surface area (Å²) in [6, 6.07) is 11.7. The van der Waals surface area contributed by atoms with Gasteiger partial charge < -0.3 is 10.2 Å². The highest BCUT2D eigenvalue weighted by atomic mass is 32.2. The largest absolute Gasteiger partial charge is 0.352 e. The Labute approximate surface area is 161 Å². The summed E-state index contributed by atoms with van der Waals surface area (Å²) in [4.78, 5) is 14.6. The predicted octanol–water partition coefficient (Wildman–Crippen LogP) is 2.79. The van der Waals surface area contributed by atoms with E-state index in [2.05, 4.69) is 10.0 Å². The highest BCUT2D eigenvalue weighted by molar-refractivity contribution is 7.92. The number of carbonyl (C=O) groups excluding carboxylic acids is 1. The van der Waals surface area contributed by atoms with E-state index in [0.29, 0.717) is 17.8 Å². The maximum Gasteiger partial charge on any atom is 0.261 e. The number of rotatable bonds is 8. The van der Waals surface area contributed by atoms with Gasteiger partial charge in [0.2, 0.25) is 0 Å². The van der Waals surface area contributed by atoms with Crippen LogP contribution in [0.4, 0.5) is 5.69 Å². The molecule has 1 amide bonds. The quantitative estimate of drug-likeness (QED) is 0.681. The number of anilines is 1. The van der Waals surface area contributed by atoms with Crippen LogP contribution in [-0.2, 0) is 10.0 Å². The van der Waals surface area contributed by atoms with Gasteiger partial charge in [0.05, 0.1) is 4.90 Å². The molecule has 0 aromatic heterocycles. The van der Waals surface area contributed by atoms with Gasteiger partial charge in [-0.1, -0.05) is 18.2 Å². The Morgan fingerprint density at radius 1 is 1.07 bits per heavy atom. The van der Waals surface area contributed by atoms with Gasteiger partial charge >= 0.3 is 0 Å². The van der Waals surface area contributed by atoms with Crippen molar-refractivity contribution in [1.82, 2.24) is 10.2 Å². The highest BCUT2D eigenvalue weighted by Gasteiger charge is 2.18. The maximum absolute atomic E-state index is 12.7. The standard InChI is InChI=1S/C20H27N3O3S/c1-15-7-5-8-17(13-15)22-27(25,26)18-10-9-16(2)19(14-18)20(24)21-11-6-12-23(3)4/h5,7-10,13-14,22H,6,11-12H2,1-4H3,(H,21,24). The number of hydrogen-bond acceptors (Lipinski definition) is 4. The first kappa shape index (κ1) is 20.9. The summed E-state index contributed by atoms with van der Waals surface area (Å²) < 4.78 is 27.9. The Morgan fingerprint density at radius 2 is 1.81 bits per heavy atom. The first-order chi connectivity index (χ1) is 12.7. The summed E-state index contributed by atoms with van der Waals surface area (Å²) in [5.41, 5.74) is 2.55. The Morgan fingerprint density at radius 3 is 2.48 bits per heavy atom. The highest BCUT2D eigenvalue weighted by Crippen LogP contribution is 2.20. The van der Waals surface area contributed by atoms with E-state index in [0.717, 1.165) is 24.1 Å². The van der Waals surface area contributed by atoms with Gasteiger partial charge in [0.1, 0.15) is 0 Å². The molecule has 0 unspecified atom stereocenters. The number of aryl methyl sites for hydroxylation is 2. The zero-order valence-electron chi connectivity index (χ0n) is 16.2. The van der Waals surface area contributed by atoms with Gasteiger partial charge in [0.15, 0.2) is 0 Å². The lowest BCUT2D eigenvalue weighted by Crippen LogP contribution is -2.28. The summed E-state index contributed by atoms with van der Waals surface area (Å²) in [6.07, 6.45) is 0.824. The van der Waals surface area contributed by atoms with Crippen LogP contribution in [0.3, 0.4) is 0 Å². The second-order valence-electron chi connectivity index (χ2n) is 6.86. The summed E-state index contributed by atoms with van der Waals surface area (Å²) >= 11 is 0. The lowest BCUT2D eigenvalue weighted by molar-refractivity contribution is 0.0951. The molecule has 6 nitrogen and oxygen atoms in total. The Balaban J connectivity index is 2.16. The molecule has 2 N–H and O–H groups in total. The summed E-state index contributed by atoms with van der Waals surface area (Å²) in [5, 5.41) is 2.85. The zero-order valence-corrected chi connectivity index (χ0v) is 17.1. The molecule has 0 heterocycles. The smallest absolute Gasteiger partial charge is 0.261 e. The molecular formula is C20H27N3O3S. The minimum absolute atomic E-state index is 0.0630. The van der Waals surface area contributed by atoms with Crippen molar-refractivity contribution in [2.75, 3.05) is 31.9 Å². The van der Waals surface area contributed by atoms with E-state index in [4.69, 9.17) is 0 Å². The molecule has 0 aliphatic rings. The zero-order chi connectivity index (χ0) is 20.0. The molecule has 0 aliphatic carbocycles. The molecule has 0 saturated carbocycles. The number of nitrogens with one attached hydrogen (secondary N) is 2. The van der Waals surface area contributed by atoms with Crippen molar-refractivity contribution in [3.63, 3.8) is 0 Å². The van der Waals surface area contributed by atoms with Crippen LogP contribution in [0.1, 0.15) is 27.9 Å². The van der Waals surface area contributed by atoms with Crippen LogP contribution in [0.25, 0.3) is 0 Å². The number of amides is 1. The number of carbonyl (C=O) groups is 1. The fourth-order valence-electron chi connectivity index (χ4n) is 2.63. The van der Waals surface area contributed by atoms with Crippen molar-refractivity contribution in [2.24, 2.45) is 0 Å². The van der Waals surface area contributed by atoms with Crippen LogP contribution < -0.4 is 10.0 Å². The fourth-order valence-corrected chi connectivity index (χ4v) is 3.70. The van der Waals surface area contributed by atoms with Gasteiger partial charge in [-0.3, -0.25) is 9.52 Å². The maximum atomic E-state index is 12.7. The second-order valence-corrected chi connectivity index (χ2v) is 8.55. The van der Waals surface area contributed by atoms with E-state index in [1.807, 2.05) is 32.0 Å². The molecule has 0 saturated heterocycles. The van der Waals surface area contributed by atoms with Crippen LogP contribution in [0.2, 0.25) is 0 Å². The molecule has 2 aromatic carbocycles. The van der Waals surface area contributed by atoms with Crippen molar-refractivity contribution in [3.8, 4) is 0 Å². The lowest BCUT2D eigenvalue weighted by Gasteiger charge is -2.13. The first-order valence-electron chi connectivity index (χ1n) is 8.82. The molecule has 0 aliphatic heterocycles. The van der Waals surface area contributed by atoms with Gasteiger partial charge in [-0.05, 0) is 76.3 Å². The van der Waals surface area contributed by atoms with Crippen LogP contribution in [0.15, 0.2) is 47.4 Å². The van der Waals surface area contributed by atoms with Crippen LogP contribution in [0.5, 0.6) is 0 Å². The van der Waals surface area contributed by atoms with Gasteiger partial charge in [-0.25, -0.2) is 8.42 Å². The Kier molecular flexibility index (Phi) is 6.98. The Hall–Kier alpha value is -2.38. The van der Waals surface area contributed by atoms with Gasteiger partial charge in [-0.15, -0.1) is 0 Å². The number of sulfonamides is 1. The van der Waals surface area contributed by atoms with Crippen molar-refractivity contribution < 1.29 is 13.2 Å². The molecule has 7 heteroatoms. The summed E-state index contributed by atoms with van der Waals surface area (Å²) in [6.45, 7) is 5.09. The first-order valence-corrected chi connectivity index (χ1v) is 10.3. The monoisotopic (exact) mass is 389 g/mol. The van der Waals surface area contributed by atoms with Crippen LogP contribution >= 0.6 is 0 Å². The minimum atomic E-state index is -3.78. The predicted molar refractivity (Wildman–Crippen MR) is 109 cm³/mol.